The largest absolute Gasteiger partial charge is 0.573 e. The third-order valence-corrected chi connectivity index (χ3v) is 3.41. The lowest BCUT2D eigenvalue weighted by atomic mass is 9.81. The van der Waals surface area contributed by atoms with Gasteiger partial charge in [0.2, 0.25) is 0 Å². The van der Waals surface area contributed by atoms with E-state index in [0.717, 1.165) is 18.0 Å². The molecule has 5 heteroatoms. The molecule has 0 aliphatic heterocycles. The summed E-state index contributed by atoms with van der Waals surface area (Å²) in [6, 6.07) is 6.20. The van der Waals surface area contributed by atoms with Crippen LogP contribution in [0.3, 0.4) is 0 Å². The highest BCUT2D eigenvalue weighted by molar-refractivity contribution is 5.47. The van der Waals surface area contributed by atoms with Crippen LogP contribution >= 0.6 is 0 Å². The van der Waals surface area contributed by atoms with Gasteiger partial charge in [-0.25, -0.2) is 0 Å². The predicted octanol–water partition coefficient (Wildman–Crippen LogP) is 4.58. The first-order chi connectivity index (χ1) is 8.92. The fraction of sp³-hybridized carbons (Fsp3) is 0.571. The van der Waals surface area contributed by atoms with E-state index < -0.39 is 6.36 Å². The van der Waals surface area contributed by atoms with Gasteiger partial charge in [0.15, 0.2) is 0 Å². The topological polar surface area (TPSA) is 21.3 Å². The molecule has 0 amide bonds. The minimum absolute atomic E-state index is 0.190. The van der Waals surface area contributed by atoms with Gasteiger partial charge in [0.1, 0.15) is 5.75 Å². The molecule has 1 N–H and O–H groups in total. The third kappa shape index (κ3) is 4.65. The Morgan fingerprint density at radius 1 is 1.26 bits per heavy atom. The molecule has 1 atom stereocenters. The molecule has 106 valence electrons. The van der Waals surface area contributed by atoms with Gasteiger partial charge >= 0.3 is 6.36 Å². The molecule has 0 heterocycles. The van der Waals surface area contributed by atoms with Gasteiger partial charge in [-0.3, -0.25) is 0 Å². The first-order valence-corrected chi connectivity index (χ1v) is 6.55. The molecule has 0 bridgehead atoms. The predicted molar refractivity (Wildman–Crippen MR) is 68.2 cm³/mol. The molecule has 1 aromatic rings. The van der Waals surface area contributed by atoms with E-state index in [9.17, 15) is 13.2 Å². The smallest absolute Gasteiger partial charge is 0.406 e. The molecule has 2 nitrogen and oxygen atoms in total. The van der Waals surface area contributed by atoms with Crippen LogP contribution in [0.4, 0.5) is 18.9 Å². The maximum absolute atomic E-state index is 12.0. The van der Waals surface area contributed by atoms with Gasteiger partial charge in [0.25, 0.3) is 0 Å². The summed E-state index contributed by atoms with van der Waals surface area (Å²) < 4.78 is 39.8. The molecule has 1 unspecified atom stereocenters. The molecular formula is C14H18F3NO. The van der Waals surface area contributed by atoms with Gasteiger partial charge in [-0.1, -0.05) is 19.3 Å². The van der Waals surface area contributed by atoms with Gasteiger partial charge in [-0.05, 0) is 43.5 Å². The Kier molecular flexibility index (Phi) is 4.22. The summed E-state index contributed by atoms with van der Waals surface area (Å²) in [5, 5.41) is 3.29. The van der Waals surface area contributed by atoms with Crippen molar-refractivity contribution in [1.82, 2.24) is 0 Å². The van der Waals surface area contributed by atoms with Crippen molar-refractivity contribution in [2.24, 2.45) is 5.92 Å². The number of anilines is 1. The Morgan fingerprint density at radius 2 is 1.89 bits per heavy atom. The molecule has 1 aromatic carbocycles. The van der Waals surface area contributed by atoms with Crippen LogP contribution in [-0.2, 0) is 0 Å². The molecule has 1 fully saturated rings. The molecule has 0 aromatic heterocycles. The highest BCUT2D eigenvalue weighted by Crippen LogP contribution is 2.31. The number of rotatable bonds is 5. The van der Waals surface area contributed by atoms with Crippen molar-refractivity contribution < 1.29 is 17.9 Å². The second-order valence-electron chi connectivity index (χ2n) is 5.15. The van der Waals surface area contributed by atoms with E-state index in [0.29, 0.717) is 6.04 Å². The minimum atomic E-state index is -4.63. The number of nitrogens with one attached hydrogen (secondary N) is 1. The maximum Gasteiger partial charge on any atom is 0.573 e. The molecule has 0 spiro atoms. The fourth-order valence-corrected chi connectivity index (χ4v) is 2.32. The first-order valence-electron chi connectivity index (χ1n) is 6.55. The molecule has 0 radical (unpaired) electrons. The number of ether oxygens (including phenoxy) is 1. The average molecular weight is 273 g/mol. The Labute approximate surface area is 111 Å². The van der Waals surface area contributed by atoms with E-state index in [1.807, 2.05) is 0 Å². The molecule has 2 rings (SSSR count). The number of halogens is 3. The fourth-order valence-electron chi connectivity index (χ4n) is 2.32. The van der Waals surface area contributed by atoms with Gasteiger partial charge < -0.3 is 10.1 Å². The standard InChI is InChI=1S/C14H18F3NO/c1-10(9-11-3-2-4-11)18-12-5-7-13(8-6-12)19-14(15,16)17/h5-8,10-11,18H,2-4,9H2,1H3. The molecule has 1 aliphatic carbocycles. The highest BCUT2D eigenvalue weighted by Gasteiger charge is 2.31. The van der Waals surface area contributed by atoms with Gasteiger partial charge in [-0.15, -0.1) is 13.2 Å². The van der Waals surface area contributed by atoms with Gasteiger partial charge in [0.05, 0.1) is 0 Å². The summed E-state index contributed by atoms with van der Waals surface area (Å²) in [7, 11) is 0. The van der Waals surface area contributed by atoms with Crippen LogP contribution < -0.4 is 10.1 Å². The van der Waals surface area contributed by atoms with Crippen LogP contribution in [0, 0.1) is 5.92 Å². The van der Waals surface area contributed by atoms with Crippen molar-refractivity contribution in [3.8, 4) is 5.75 Å². The van der Waals surface area contributed by atoms with Crippen molar-refractivity contribution in [3.05, 3.63) is 24.3 Å². The van der Waals surface area contributed by atoms with Crippen LogP contribution in [-0.4, -0.2) is 12.4 Å². The Morgan fingerprint density at radius 3 is 2.37 bits per heavy atom. The second-order valence-corrected chi connectivity index (χ2v) is 5.15. The van der Waals surface area contributed by atoms with Crippen LogP contribution in [0.15, 0.2) is 24.3 Å². The van der Waals surface area contributed by atoms with Gasteiger partial charge in [0, 0.05) is 11.7 Å². The zero-order chi connectivity index (χ0) is 13.9. The van der Waals surface area contributed by atoms with E-state index in [4.69, 9.17) is 0 Å². The van der Waals surface area contributed by atoms with Crippen molar-refractivity contribution >= 4 is 5.69 Å². The van der Waals surface area contributed by atoms with E-state index in [1.54, 1.807) is 12.1 Å². The average Bonchev–Trinajstić information content (AvgIpc) is 2.24. The first kappa shape index (κ1) is 14.0. The lowest BCUT2D eigenvalue weighted by Gasteiger charge is -2.28. The third-order valence-electron chi connectivity index (χ3n) is 3.41. The maximum atomic E-state index is 12.0. The van der Waals surface area contributed by atoms with Crippen molar-refractivity contribution in [2.45, 2.75) is 45.0 Å². The highest BCUT2D eigenvalue weighted by atomic mass is 19.4. The quantitative estimate of drug-likeness (QED) is 0.848. The summed E-state index contributed by atoms with van der Waals surface area (Å²) in [5.41, 5.74) is 0.821. The monoisotopic (exact) mass is 273 g/mol. The zero-order valence-corrected chi connectivity index (χ0v) is 10.8. The van der Waals surface area contributed by atoms with Crippen molar-refractivity contribution in [1.29, 1.82) is 0 Å². The van der Waals surface area contributed by atoms with Crippen LogP contribution in [0.5, 0.6) is 5.75 Å². The lowest BCUT2D eigenvalue weighted by molar-refractivity contribution is -0.274. The lowest BCUT2D eigenvalue weighted by Crippen LogP contribution is -2.23. The Balaban J connectivity index is 1.83. The molecule has 0 saturated heterocycles. The summed E-state index contributed by atoms with van der Waals surface area (Å²) >= 11 is 0. The molecule has 1 aliphatic rings. The summed E-state index contributed by atoms with van der Waals surface area (Å²) in [4.78, 5) is 0. The number of hydrogen-bond acceptors (Lipinski definition) is 2. The minimum Gasteiger partial charge on any atom is -0.406 e. The second kappa shape index (κ2) is 5.72. The molecule has 1 saturated carbocycles. The van der Waals surface area contributed by atoms with E-state index in [2.05, 4.69) is 17.0 Å². The van der Waals surface area contributed by atoms with Crippen LogP contribution in [0.2, 0.25) is 0 Å². The van der Waals surface area contributed by atoms with E-state index in [1.165, 1.54) is 31.4 Å². The Hall–Kier alpha value is -1.39. The van der Waals surface area contributed by atoms with Crippen molar-refractivity contribution in [3.63, 3.8) is 0 Å². The SMILES string of the molecule is CC(CC1CCC1)Nc1ccc(OC(F)(F)F)cc1. The molecular weight excluding hydrogens is 255 g/mol. The van der Waals surface area contributed by atoms with Crippen LogP contribution in [0.1, 0.15) is 32.6 Å². The van der Waals surface area contributed by atoms with E-state index in [-0.39, 0.29) is 5.75 Å². The van der Waals surface area contributed by atoms with Crippen LogP contribution in [0.25, 0.3) is 0 Å². The number of hydrogen-bond donors (Lipinski definition) is 1. The van der Waals surface area contributed by atoms with Crippen molar-refractivity contribution in [2.75, 3.05) is 5.32 Å². The number of benzene rings is 1. The van der Waals surface area contributed by atoms with E-state index >= 15 is 0 Å². The normalized spacial score (nSPS) is 17.7. The Bertz CT molecular complexity index is 398. The number of alkyl halides is 3. The summed E-state index contributed by atoms with van der Waals surface area (Å²) in [6.45, 7) is 2.10. The van der Waals surface area contributed by atoms with Gasteiger partial charge in [-0.2, -0.15) is 0 Å². The zero-order valence-electron chi connectivity index (χ0n) is 10.8. The molecule has 19 heavy (non-hydrogen) atoms. The summed E-state index contributed by atoms with van der Waals surface area (Å²) in [6.07, 6.45) is 0.392. The summed E-state index contributed by atoms with van der Waals surface area (Å²) in [5.74, 6) is 0.611.